The predicted molar refractivity (Wildman–Crippen MR) is 137 cm³/mol. The fourth-order valence-electron chi connectivity index (χ4n) is 4.25. The zero-order valence-corrected chi connectivity index (χ0v) is 23.0. The van der Waals surface area contributed by atoms with E-state index in [1.807, 2.05) is 59.7 Å². The van der Waals surface area contributed by atoms with Crippen LogP contribution in [0.4, 0.5) is 9.59 Å². The van der Waals surface area contributed by atoms with Crippen LogP contribution in [0.2, 0.25) is 0 Å². The zero-order valence-electron chi connectivity index (χ0n) is 23.0. The van der Waals surface area contributed by atoms with Crippen LogP contribution < -0.4 is 0 Å². The molecular formula is C26H46N4O5. The molecule has 9 heteroatoms. The van der Waals surface area contributed by atoms with Crippen LogP contribution in [-0.4, -0.2) is 89.8 Å². The number of hydrogen-bond donors (Lipinski definition) is 0. The van der Waals surface area contributed by atoms with E-state index in [2.05, 4.69) is 6.92 Å². The minimum atomic E-state index is -0.512. The molecule has 35 heavy (non-hydrogen) atoms. The maximum Gasteiger partial charge on any atom is 0.410 e. The van der Waals surface area contributed by atoms with Crippen molar-refractivity contribution in [1.82, 2.24) is 14.8 Å². The van der Waals surface area contributed by atoms with Gasteiger partial charge >= 0.3 is 12.2 Å². The van der Waals surface area contributed by atoms with E-state index in [-0.39, 0.29) is 30.4 Å². The van der Waals surface area contributed by atoms with Crippen molar-refractivity contribution in [3.05, 3.63) is 11.8 Å². The summed E-state index contributed by atoms with van der Waals surface area (Å²) in [5.41, 5.74) is 0.465. The van der Waals surface area contributed by atoms with Crippen molar-refractivity contribution in [3.63, 3.8) is 0 Å². The number of nitrogens with zero attached hydrogens (tertiary/aromatic N) is 4. The van der Waals surface area contributed by atoms with Gasteiger partial charge in [0, 0.05) is 46.1 Å². The lowest BCUT2D eigenvalue weighted by Gasteiger charge is -2.37. The van der Waals surface area contributed by atoms with Gasteiger partial charge < -0.3 is 24.0 Å². The van der Waals surface area contributed by atoms with Gasteiger partial charge in [0.05, 0.1) is 23.6 Å². The van der Waals surface area contributed by atoms with Gasteiger partial charge in [0.25, 0.3) is 0 Å². The van der Waals surface area contributed by atoms with Crippen LogP contribution in [0.15, 0.2) is 16.9 Å². The van der Waals surface area contributed by atoms with Crippen molar-refractivity contribution < 1.29 is 23.8 Å². The monoisotopic (exact) mass is 494 g/mol. The van der Waals surface area contributed by atoms with Gasteiger partial charge in [-0.2, -0.15) is 5.10 Å². The first-order valence-electron chi connectivity index (χ1n) is 13.0. The lowest BCUT2D eigenvalue weighted by atomic mass is 10.1. The van der Waals surface area contributed by atoms with E-state index in [0.717, 1.165) is 30.7 Å². The molecule has 0 saturated carbocycles. The first-order valence-corrected chi connectivity index (χ1v) is 13.0. The van der Waals surface area contributed by atoms with E-state index in [0.29, 0.717) is 39.0 Å². The lowest BCUT2D eigenvalue weighted by molar-refractivity contribution is -0.00125. The third-order valence-corrected chi connectivity index (χ3v) is 6.05. The molecule has 0 aromatic carbocycles. The van der Waals surface area contributed by atoms with Crippen molar-refractivity contribution in [2.24, 2.45) is 5.10 Å². The van der Waals surface area contributed by atoms with Crippen LogP contribution in [0.25, 0.3) is 0 Å². The molecule has 2 aliphatic heterocycles. The molecular weight excluding hydrogens is 448 g/mol. The minimum Gasteiger partial charge on any atom is -0.496 e. The molecule has 2 heterocycles. The zero-order chi connectivity index (χ0) is 26.2. The highest BCUT2D eigenvalue weighted by Gasteiger charge is 2.31. The lowest BCUT2D eigenvalue weighted by Crippen LogP contribution is -2.47. The van der Waals surface area contributed by atoms with Crippen molar-refractivity contribution in [2.75, 3.05) is 33.2 Å². The van der Waals surface area contributed by atoms with Crippen LogP contribution >= 0.6 is 0 Å². The quantitative estimate of drug-likeness (QED) is 0.281. The second-order valence-corrected chi connectivity index (χ2v) is 10.7. The number of hydrazone groups is 1. The molecule has 0 aromatic heterocycles. The number of amides is 2. The van der Waals surface area contributed by atoms with Crippen LogP contribution in [0.3, 0.4) is 0 Å². The normalized spacial score (nSPS) is 19.1. The van der Waals surface area contributed by atoms with Crippen molar-refractivity contribution >= 4 is 17.9 Å². The fraction of sp³-hybridized carbons (Fsp3) is 0.808. The number of likely N-dealkylation sites (tertiary alicyclic amines) is 2. The van der Waals surface area contributed by atoms with Crippen LogP contribution in [0.5, 0.6) is 0 Å². The number of rotatable bonds is 7. The largest absolute Gasteiger partial charge is 0.496 e. The van der Waals surface area contributed by atoms with E-state index in [1.54, 1.807) is 9.80 Å². The van der Waals surface area contributed by atoms with E-state index in [4.69, 9.17) is 19.3 Å². The maximum atomic E-state index is 12.7. The smallest absolute Gasteiger partial charge is 0.410 e. The summed E-state index contributed by atoms with van der Waals surface area (Å²) in [5, 5.41) is 6.81. The van der Waals surface area contributed by atoms with Crippen LogP contribution in [0.1, 0.15) is 80.6 Å². The first-order chi connectivity index (χ1) is 16.4. The van der Waals surface area contributed by atoms with Gasteiger partial charge in [-0.25, -0.2) is 9.59 Å². The second kappa shape index (κ2) is 13.0. The number of allylic oxidation sites excluding steroid dienone is 2. The van der Waals surface area contributed by atoms with E-state index in [9.17, 15) is 9.59 Å². The number of hydrogen-bond acceptors (Lipinski definition) is 7. The Kier molecular flexibility index (Phi) is 10.7. The third-order valence-electron chi connectivity index (χ3n) is 6.05. The number of carbonyl (C=O) groups excluding carboxylic acids is 2. The average Bonchev–Trinajstić information content (AvgIpc) is 2.77. The standard InChI is InChI=1S/C26H46N4O5/c1-9-21(18-20(4)33-19(2)3)27-28(8)22-10-14-29(15-11-22)24(31)34-23-12-16-30(17-13-23)25(32)35-26(5,6)7/h18-19,22-23H,9-17H2,1-8H3/b20-18+,27-21+. The van der Waals surface area contributed by atoms with Gasteiger partial charge in [0.2, 0.25) is 0 Å². The number of carbonyl (C=O) groups is 2. The highest BCUT2D eigenvalue weighted by molar-refractivity contribution is 5.94. The molecule has 0 aliphatic carbocycles. The van der Waals surface area contributed by atoms with Gasteiger partial charge in [-0.15, -0.1) is 0 Å². The molecule has 0 spiro atoms. The van der Waals surface area contributed by atoms with Gasteiger partial charge in [-0.1, -0.05) is 6.92 Å². The molecule has 200 valence electrons. The number of ether oxygens (including phenoxy) is 3. The van der Waals surface area contributed by atoms with Gasteiger partial charge in [-0.3, -0.25) is 5.01 Å². The predicted octanol–water partition coefficient (Wildman–Crippen LogP) is 5.01. The first kappa shape index (κ1) is 28.8. The Balaban J connectivity index is 1.78. The number of piperidine rings is 2. The summed E-state index contributed by atoms with van der Waals surface area (Å²) in [4.78, 5) is 28.4. The molecule has 9 nitrogen and oxygen atoms in total. The molecule has 2 amide bonds. The molecule has 0 unspecified atom stereocenters. The summed E-state index contributed by atoms with van der Waals surface area (Å²) in [6.07, 6.45) is 5.17. The summed E-state index contributed by atoms with van der Waals surface area (Å²) in [6.45, 7) is 16.0. The Bertz CT molecular complexity index is 758. The van der Waals surface area contributed by atoms with Crippen molar-refractivity contribution in [3.8, 4) is 0 Å². The Morgan fingerprint density at radius 1 is 1.03 bits per heavy atom. The molecule has 0 radical (unpaired) electrons. The molecule has 2 saturated heterocycles. The highest BCUT2D eigenvalue weighted by Crippen LogP contribution is 2.21. The second-order valence-electron chi connectivity index (χ2n) is 10.7. The molecule has 2 fully saturated rings. The fourth-order valence-corrected chi connectivity index (χ4v) is 4.25. The van der Waals surface area contributed by atoms with Gasteiger partial charge in [0.1, 0.15) is 11.7 Å². The van der Waals surface area contributed by atoms with Gasteiger partial charge in [-0.05, 0) is 66.9 Å². The Labute approximate surface area is 211 Å². The molecule has 2 rings (SSSR count). The topological polar surface area (TPSA) is 83.9 Å². The Morgan fingerprint density at radius 2 is 1.57 bits per heavy atom. The van der Waals surface area contributed by atoms with E-state index < -0.39 is 5.60 Å². The highest BCUT2D eigenvalue weighted by atomic mass is 16.6. The SMILES string of the molecule is CCC(/C=C(\C)OC(C)C)=N\N(C)C1CCN(C(=O)OC2CCN(C(=O)OC(C)(C)C)CC2)CC1. The summed E-state index contributed by atoms with van der Waals surface area (Å²) in [7, 11) is 2.00. The van der Waals surface area contributed by atoms with Crippen LogP contribution in [0, 0.1) is 0 Å². The van der Waals surface area contributed by atoms with Crippen LogP contribution in [-0.2, 0) is 14.2 Å². The maximum absolute atomic E-state index is 12.7. The Morgan fingerprint density at radius 3 is 2.09 bits per heavy atom. The Hall–Kier alpha value is -2.45. The molecule has 0 N–H and O–H groups in total. The molecule has 0 atom stereocenters. The van der Waals surface area contributed by atoms with E-state index in [1.165, 1.54) is 0 Å². The molecule has 2 aliphatic rings. The summed E-state index contributed by atoms with van der Waals surface area (Å²) in [6, 6.07) is 0.275. The van der Waals surface area contributed by atoms with Crippen molar-refractivity contribution in [1.29, 1.82) is 0 Å². The molecule has 0 bridgehead atoms. The minimum absolute atomic E-state index is 0.142. The van der Waals surface area contributed by atoms with Gasteiger partial charge in [0.15, 0.2) is 0 Å². The summed E-state index contributed by atoms with van der Waals surface area (Å²) in [5.74, 6) is 0.864. The third kappa shape index (κ3) is 9.98. The molecule has 0 aromatic rings. The summed E-state index contributed by atoms with van der Waals surface area (Å²) < 4.78 is 16.9. The van der Waals surface area contributed by atoms with E-state index >= 15 is 0 Å². The summed E-state index contributed by atoms with van der Waals surface area (Å²) >= 11 is 0. The van der Waals surface area contributed by atoms with Crippen molar-refractivity contribution in [2.45, 2.75) is 104 Å². The average molecular weight is 495 g/mol.